The lowest BCUT2D eigenvalue weighted by Gasteiger charge is -2.19. The highest BCUT2D eigenvalue weighted by Gasteiger charge is 2.18. The van der Waals surface area contributed by atoms with Crippen molar-refractivity contribution < 1.29 is 5.21 Å². The van der Waals surface area contributed by atoms with Crippen LogP contribution in [0.4, 0.5) is 5.69 Å². The predicted molar refractivity (Wildman–Crippen MR) is 77.9 cm³/mol. The van der Waals surface area contributed by atoms with Gasteiger partial charge in [-0.05, 0) is 35.7 Å². The topological polar surface area (TPSA) is 74.7 Å². The van der Waals surface area contributed by atoms with Crippen LogP contribution in [0.25, 0.3) is 0 Å². The molecule has 1 aromatic carbocycles. The molecule has 5 heteroatoms. The molecule has 0 spiro atoms. The lowest BCUT2D eigenvalue weighted by Crippen LogP contribution is -2.21. The first-order chi connectivity index (χ1) is 9.78. The Bertz CT molecular complexity index is 654. The van der Waals surface area contributed by atoms with Crippen molar-refractivity contribution in [2.24, 2.45) is 10.9 Å². The number of benzene rings is 1. The summed E-state index contributed by atoms with van der Waals surface area (Å²) in [5, 5.41) is 11.7. The third-order valence-electron chi connectivity index (χ3n) is 3.55. The van der Waals surface area contributed by atoms with Crippen molar-refractivity contribution >= 4 is 11.5 Å². The Labute approximate surface area is 117 Å². The van der Waals surface area contributed by atoms with Crippen LogP contribution >= 0.6 is 0 Å². The summed E-state index contributed by atoms with van der Waals surface area (Å²) in [6.07, 6.45) is 2.76. The Balaban J connectivity index is 1.83. The number of pyridine rings is 1. The van der Waals surface area contributed by atoms with Crippen LogP contribution in [0, 0.1) is 0 Å². The number of hydrogen-bond donors (Lipinski definition) is 2. The van der Waals surface area contributed by atoms with Gasteiger partial charge in [0.25, 0.3) is 0 Å². The van der Waals surface area contributed by atoms with Gasteiger partial charge in [0.05, 0.1) is 0 Å². The molecule has 5 nitrogen and oxygen atoms in total. The summed E-state index contributed by atoms with van der Waals surface area (Å²) < 4.78 is 0. The maximum Gasteiger partial charge on any atom is 0.188 e. The monoisotopic (exact) mass is 268 g/mol. The van der Waals surface area contributed by atoms with Gasteiger partial charge < -0.3 is 15.8 Å². The molecule has 3 rings (SSSR count). The number of nitrogens with two attached hydrogens (primary N) is 1. The Kier molecular flexibility index (Phi) is 3.25. The van der Waals surface area contributed by atoms with Crippen molar-refractivity contribution in [2.45, 2.75) is 13.0 Å². The summed E-state index contributed by atoms with van der Waals surface area (Å²) in [4.78, 5) is 6.43. The summed E-state index contributed by atoms with van der Waals surface area (Å²) in [6.45, 7) is 1.81. The Morgan fingerprint density at radius 1 is 1.35 bits per heavy atom. The van der Waals surface area contributed by atoms with Crippen LogP contribution in [0.3, 0.4) is 0 Å². The number of fused-ring (bicyclic) bond motifs is 1. The molecule has 0 saturated carbocycles. The molecule has 0 amide bonds. The second kappa shape index (κ2) is 5.21. The minimum absolute atomic E-state index is 0.0358. The van der Waals surface area contributed by atoms with Crippen LogP contribution in [-0.2, 0) is 13.0 Å². The molecule has 1 aliphatic rings. The third-order valence-corrected chi connectivity index (χ3v) is 3.55. The number of nitrogens with zero attached hydrogens (tertiary/aromatic N) is 3. The van der Waals surface area contributed by atoms with Gasteiger partial charge in [0.1, 0.15) is 5.69 Å². The fourth-order valence-electron chi connectivity index (χ4n) is 2.56. The summed E-state index contributed by atoms with van der Waals surface area (Å²) in [5.41, 5.74) is 9.84. The van der Waals surface area contributed by atoms with Crippen molar-refractivity contribution in [1.29, 1.82) is 0 Å². The lowest BCUT2D eigenvalue weighted by atomic mass is 10.1. The van der Waals surface area contributed by atoms with Gasteiger partial charge in [-0.3, -0.25) is 4.98 Å². The largest absolute Gasteiger partial charge is 0.409 e. The first kappa shape index (κ1) is 12.5. The number of aromatic nitrogens is 1. The van der Waals surface area contributed by atoms with E-state index in [2.05, 4.69) is 39.3 Å². The molecule has 0 fully saturated rings. The van der Waals surface area contributed by atoms with Crippen LogP contribution in [0.1, 0.15) is 16.8 Å². The van der Waals surface area contributed by atoms with E-state index in [4.69, 9.17) is 10.9 Å². The zero-order valence-corrected chi connectivity index (χ0v) is 11.0. The molecule has 3 N–H and O–H groups in total. The van der Waals surface area contributed by atoms with E-state index in [9.17, 15) is 0 Å². The zero-order valence-electron chi connectivity index (χ0n) is 11.0. The fourth-order valence-corrected chi connectivity index (χ4v) is 2.56. The average Bonchev–Trinajstić information content (AvgIpc) is 2.90. The molecular weight excluding hydrogens is 252 g/mol. The lowest BCUT2D eigenvalue weighted by molar-refractivity contribution is 0.318. The van der Waals surface area contributed by atoms with E-state index in [1.807, 2.05) is 12.1 Å². The van der Waals surface area contributed by atoms with E-state index < -0.39 is 0 Å². The standard InChI is InChI=1S/C15H16N4O/c16-15(18-20)13-9-11(5-7-17-13)10-19-8-6-12-3-1-2-4-14(12)19/h1-5,7,9,20H,6,8,10H2,(H2,16,18). The third kappa shape index (κ3) is 2.30. The van der Waals surface area contributed by atoms with Gasteiger partial charge in [0, 0.05) is 25.0 Å². The van der Waals surface area contributed by atoms with E-state index in [0.29, 0.717) is 5.69 Å². The quantitative estimate of drug-likeness (QED) is 0.385. The smallest absolute Gasteiger partial charge is 0.188 e. The van der Waals surface area contributed by atoms with Crippen LogP contribution in [0.15, 0.2) is 47.8 Å². The molecule has 2 heterocycles. The number of oxime groups is 1. The molecule has 1 aliphatic heterocycles. The zero-order chi connectivity index (χ0) is 13.9. The second-order valence-electron chi connectivity index (χ2n) is 4.83. The van der Waals surface area contributed by atoms with E-state index >= 15 is 0 Å². The van der Waals surface area contributed by atoms with Crippen molar-refractivity contribution in [2.75, 3.05) is 11.4 Å². The van der Waals surface area contributed by atoms with Crippen molar-refractivity contribution in [1.82, 2.24) is 4.98 Å². The van der Waals surface area contributed by atoms with Crippen LogP contribution < -0.4 is 10.6 Å². The van der Waals surface area contributed by atoms with Gasteiger partial charge in [0.2, 0.25) is 0 Å². The molecule has 2 aromatic rings. The average molecular weight is 268 g/mol. The van der Waals surface area contributed by atoms with E-state index in [1.54, 1.807) is 6.20 Å². The highest BCUT2D eigenvalue weighted by molar-refractivity contribution is 5.95. The number of para-hydroxylation sites is 1. The number of hydrogen-bond acceptors (Lipinski definition) is 4. The fraction of sp³-hybridized carbons (Fsp3) is 0.200. The first-order valence-corrected chi connectivity index (χ1v) is 6.53. The van der Waals surface area contributed by atoms with Crippen LogP contribution in [0.2, 0.25) is 0 Å². The maximum absolute atomic E-state index is 8.71. The van der Waals surface area contributed by atoms with Crippen molar-refractivity contribution in [3.8, 4) is 0 Å². The van der Waals surface area contributed by atoms with Gasteiger partial charge in [-0.25, -0.2) is 0 Å². The number of rotatable bonds is 3. The normalized spacial score (nSPS) is 14.4. The van der Waals surface area contributed by atoms with E-state index in [1.165, 1.54) is 11.3 Å². The molecule has 0 bridgehead atoms. The highest BCUT2D eigenvalue weighted by atomic mass is 16.4. The van der Waals surface area contributed by atoms with Crippen LogP contribution in [-0.4, -0.2) is 22.6 Å². The summed E-state index contributed by atoms with van der Waals surface area (Å²) in [5.74, 6) is 0.0358. The van der Waals surface area contributed by atoms with Gasteiger partial charge in [-0.15, -0.1) is 0 Å². The van der Waals surface area contributed by atoms with Gasteiger partial charge in [-0.2, -0.15) is 0 Å². The van der Waals surface area contributed by atoms with Crippen molar-refractivity contribution in [3.63, 3.8) is 0 Å². The van der Waals surface area contributed by atoms with Gasteiger partial charge in [0.15, 0.2) is 5.84 Å². The Morgan fingerprint density at radius 2 is 2.20 bits per heavy atom. The highest BCUT2D eigenvalue weighted by Crippen LogP contribution is 2.28. The van der Waals surface area contributed by atoms with Crippen LogP contribution in [0.5, 0.6) is 0 Å². The second-order valence-corrected chi connectivity index (χ2v) is 4.83. The molecular formula is C15H16N4O. The summed E-state index contributed by atoms with van der Waals surface area (Å²) in [7, 11) is 0. The number of anilines is 1. The molecule has 0 aliphatic carbocycles. The maximum atomic E-state index is 8.71. The Morgan fingerprint density at radius 3 is 3.05 bits per heavy atom. The van der Waals surface area contributed by atoms with Gasteiger partial charge in [-0.1, -0.05) is 23.4 Å². The minimum Gasteiger partial charge on any atom is -0.409 e. The first-order valence-electron chi connectivity index (χ1n) is 6.53. The van der Waals surface area contributed by atoms with Gasteiger partial charge >= 0.3 is 0 Å². The molecule has 0 saturated heterocycles. The summed E-state index contributed by atoms with van der Waals surface area (Å²) in [6, 6.07) is 12.3. The molecule has 102 valence electrons. The SMILES string of the molecule is NC(=NO)c1cc(CN2CCc3ccccc32)ccn1. The molecule has 1 aromatic heterocycles. The van der Waals surface area contributed by atoms with E-state index in [0.717, 1.165) is 25.1 Å². The molecule has 0 unspecified atom stereocenters. The predicted octanol–water partition coefficient (Wildman–Crippen LogP) is 1.74. The Hall–Kier alpha value is -2.56. The molecule has 20 heavy (non-hydrogen) atoms. The van der Waals surface area contributed by atoms with E-state index in [-0.39, 0.29) is 5.84 Å². The summed E-state index contributed by atoms with van der Waals surface area (Å²) >= 11 is 0. The molecule has 0 radical (unpaired) electrons. The minimum atomic E-state index is 0.0358. The number of amidine groups is 1. The van der Waals surface area contributed by atoms with Crippen molar-refractivity contribution in [3.05, 3.63) is 59.4 Å². The molecule has 0 atom stereocenters.